The van der Waals surface area contributed by atoms with Crippen LogP contribution in [0, 0.1) is 0 Å². The van der Waals surface area contributed by atoms with Crippen molar-refractivity contribution in [1.82, 2.24) is 0 Å². The minimum Gasteiger partial charge on any atom is -0.480 e. The zero-order valence-electron chi connectivity index (χ0n) is 6.75. The van der Waals surface area contributed by atoms with Crippen molar-refractivity contribution in [2.24, 2.45) is 0 Å². The van der Waals surface area contributed by atoms with Crippen LogP contribution in [0.2, 0.25) is 5.02 Å². The molecule has 1 aromatic carbocycles. The summed E-state index contributed by atoms with van der Waals surface area (Å²) in [5, 5.41) is 12.3. The molecule has 0 bridgehead atoms. The highest BCUT2D eigenvalue weighted by atomic mass is 35.5. The van der Waals surface area contributed by atoms with Gasteiger partial charge in [0.15, 0.2) is 0 Å². The number of benzene rings is 1. The van der Waals surface area contributed by atoms with Gasteiger partial charge in [0.1, 0.15) is 6.04 Å². The molecule has 1 aliphatic rings. The molecule has 0 spiro atoms. The topological polar surface area (TPSA) is 49.3 Å². The number of hydrogen-bond donors (Lipinski definition) is 2. The summed E-state index contributed by atoms with van der Waals surface area (Å²) in [7, 11) is 0. The molecule has 1 unspecified atom stereocenters. The van der Waals surface area contributed by atoms with Crippen LogP contribution in [0.4, 0.5) is 5.69 Å². The first-order valence-corrected chi connectivity index (χ1v) is 4.32. The highest BCUT2D eigenvalue weighted by Gasteiger charge is 2.25. The molecule has 3 nitrogen and oxygen atoms in total. The zero-order valence-corrected chi connectivity index (χ0v) is 7.51. The summed E-state index contributed by atoms with van der Waals surface area (Å²) < 4.78 is 0. The minimum atomic E-state index is -0.827. The first-order chi connectivity index (χ1) is 6.16. The SMILES string of the molecule is O=C(O)C1Cc2ccc(Cl)cc2N1. The maximum Gasteiger partial charge on any atom is 0.326 e. The van der Waals surface area contributed by atoms with Gasteiger partial charge < -0.3 is 10.4 Å². The van der Waals surface area contributed by atoms with Crippen molar-refractivity contribution in [2.45, 2.75) is 12.5 Å². The van der Waals surface area contributed by atoms with E-state index >= 15 is 0 Å². The van der Waals surface area contributed by atoms with E-state index in [-0.39, 0.29) is 0 Å². The zero-order chi connectivity index (χ0) is 9.42. The van der Waals surface area contributed by atoms with Crippen LogP contribution in [0.3, 0.4) is 0 Å². The van der Waals surface area contributed by atoms with Gasteiger partial charge in [-0.05, 0) is 17.7 Å². The fraction of sp³-hybridized carbons (Fsp3) is 0.222. The van der Waals surface area contributed by atoms with Crippen LogP contribution in [0.25, 0.3) is 0 Å². The third-order valence-corrected chi connectivity index (χ3v) is 2.36. The van der Waals surface area contributed by atoms with Crippen molar-refractivity contribution in [3.63, 3.8) is 0 Å². The van der Waals surface area contributed by atoms with Crippen LogP contribution < -0.4 is 5.32 Å². The van der Waals surface area contributed by atoms with Crippen LogP contribution >= 0.6 is 11.6 Å². The van der Waals surface area contributed by atoms with E-state index < -0.39 is 12.0 Å². The molecule has 2 N–H and O–H groups in total. The Balaban J connectivity index is 2.30. The Morgan fingerprint density at radius 2 is 2.38 bits per heavy atom. The minimum absolute atomic E-state index is 0.506. The van der Waals surface area contributed by atoms with Crippen LogP contribution in [-0.2, 0) is 11.2 Å². The van der Waals surface area contributed by atoms with Gasteiger partial charge >= 0.3 is 5.97 Å². The third-order valence-electron chi connectivity index (χ3n) is 2.12. The standard InChI is InChI=1S/C9H8ClNO2/c10-6-2-1-5-3-8(9(12)13)11-7(5)4-6/h1-2,4,8,11H,3H2,(H,12,13). The summed E-state index contributed by atoms with van der Waals surface area (Å²) in [5.74, 6) is -0.827. The summed E-state index contributed by atoms with van der Waals surface area (Å²) in [6, 6.07) is 4.87. The van der Waals surface area contributed by atoms with Gasteiger partial charge in [-0.1, -0.05) is 17.7 Å². The highest BCUT2D eigenvalue weighted by molar-refractivity contribution is 6.30. The van der Waals surface area contributed by atoms with Crippen LogP contribution in [0.5, 0.6) is 0 Å². The number of hydrogen-bond acceptors (Lipinski definition) is 2. The average Bonchev–Trinajstić information content (AvgIpc) is 2.46. The van der Waals surface area contributed by atoms with Crippen molar-refractivity contribution in [3.8, 4) is 0 Å². The lowest BCUT2D eigenvalue weighted by molar-refractivity contribution is -0.137. The molecule has 1 aliphatic heterocycles. The van der Waals surface area contributed by atoms with E-state index in [1.807, 2.05) is 6.07 Å². The molecule has 0 aliphatic carbocycles. The van der Waals surface area contributed by atoms with Gasteiger partial charge in [0.25, 0.3) is 0 Å². The fourth-order valence-corrected chi connectivity index (χ4v) is 1.64. The molecule has 1 aromatic rings. The van der Waals surface area contributed by atoms with Crippen molar-refractivity contribution < 1.29 is 9.90 Å². The number of carbonyl (C=O) groups is 1. The Labute approximate surface area is 80.3 Å². The number of anilines is 1. The second-order valence-electron chi connectivity index (χ2n) is 3.04. The lowest BCUT2D eigenvalue weighted by Crippen LogP contribution is -2.26. The lowest BCUT2D eigenvalue weighted by Gasteiger charge is -2.03. The molecule has 0 amide bonds. The van der Waals surface area contributed by atoms with Gasteiger partial charge in [-0.15, -0.1) is 0 Å². The monoisotopic (exact) mass is 197 g/mol. The molecule has 1 heterocycles. The van der Waals surface area contributed by atoms with Gasteiger partial charge in [-0.3, -0.25) is 0 Å². The van der Waals surface area contributed by atoms with Crippen molar-refractivity contribution >= 4 is 23.3 Å². The molecule has 0 saturated carbocycles. The Morgan fingerprint density at radius 3 is 3.08 bits per heavy atom. The van der Waals surface area contributed by atoms with Gasteiger partial charge in [0.2, 0.25) is 0 Å². The van der Waals surface area contributed by atoms with Gasteiger partial charge in [0, 0.05) is 17.1 Å². The largest absolute Gasteiger partial charge is 0.480 e. The van der Waals surface area contributed by atoms with E-state index in [0.717, 1.165) is 11.3 Å². The van der Waals surface area contributed by atoms with E-state index in [0.29, 0.717) is 11.4 Å². The number of carboxylic acids is 1. The van der Waals surface area contributed by atoms with Crippen LogP contribution in [0.1, 0.15) is 5.56 Å². The summed E-state index contributed by atoms with van der Waals surface area (Å²) >= 11 is 5.76. The fourth-order valence-electron chi connectivity index (χ4n) is 1.47. The molecule has 0 aromatic heterocycles. The summed E-state index contributed by atoms with van der Waals surface area (Å²) in [6.07, 6.45) is 0.530. The molecule has 2 rings (SSSR count). The molecular weight excluding hydrogens is 190 g/mol. The van der Waals surface area contributed by atoms with Gasteiger partial charge in [0.05, 0.1) is 0 Å². The molecule has 0 radical (unpaired) electrons. The van der Waals surface area contributed by atoms with E-state index in [9.17, 15) is 4.79 Å². The van der Waals surface area contributed by atoms with Crippen molar-refractivity contribution in [1.29, 1.82) is 0 Å². The molecule has 0 saturated heterocycles. The first-order valence-electron chi connectivity index (χ1n) is 3.94. The maximum absolute atomic E-state index is 10.7. The molecule has 4 heteroatoms. The predicted molar refractivity (Wildman–Crippen MR) is 50.2 cm³/mol. The molecule has 13 heavy (non-hydrogen) atoms. The third kappa shape index (κ3) is 1.47. The summed E-state index contributed by atoms with van der Waals surface area (Å²) in [6.45, 7) is 0. The van der Waals surface area contributed by atoms with Crippen molar-refractivity contribution in [3.05, 3.63) is 28.8 Å². The predicted octanol–water partition coefficient (Wildman–Crippen LogP) is 1.76. The molecule has 1 atom stereocenters. The maximum atomic E-state index is 10.7. The number of nitrogens with one attached hydrogen (secondary N) is 1. The van der Waals surface area contributed by atoms with E-state index in [1.54, 1.807) is 12.1 Å². The number of aliphatic carboxylic acids is 1. The Kier molecular flexibility index (Phi) is 1.88. The van der Waals surface area contributed by atoms with Gasteiger partial charge in [-0.25, -0.2) is 4.79 Å². The van der Waals surface area contributed by atoms with E-state index in [1.165, 1.54) is 0 Å². The average molecular weight is 198 g/mol. The van der Waals surface area contributed by atoms with E-state index in [4.69, 9.17) is 16.7 Å². The number of rotatable bonds is 1. The molecule has 0 fully saturated rings. The number of carboxylic acid groups (broad SMARTS) is 1. The quantitative estimate of drug-likeness (QED) is 0.721. The smallest absolute Gasteiger partial charge is 0.326 e. The second-order valence-corrected chi connectivity index (χ2v) is 3.48. The summed E-state index contributed by atoms with van der Waals surface area (Å²) in [4.78, 5) is 10.7. The normalized spacial score (nSPS) is 19.3. The Bertz CT molecular complexity index is 365. The van der Waals surface area contributed by atoms with E-state index in [2.05, 4.69) is 5.32 Å². The highest BCUT2D eigenvalue weighted by Crippen LogP contribution is 2.28. The van der Waals surface area contributed by atoms with Crippen LogP contribution in [0.15, 0.2) is 18.2 Å². The molecular formula is C9H8ClNO2. The first kappa shape index (κ1) is 8.38. The second kappa shape index (κ2) is 2.92. The number of halogens is 1. The number of fused-ring (bicyclic) bond motifs is 1. The lowest BCUT2D eigenvalue weighted by atomic mass is 10.1. The summed E-state index contributed by atoms with van der Waals surface area (Å²) in [5.41, 5.74) is 1.84. The Hall–Kier alpha value is -1.22. The van der Waals surface area contributed by atoms with Gasteiger partial charge in [-0.2, -0.15) is 0 Å². The molecule has 68 valence electrons. The van der Waals surface area contributed by atoms with Crippen LogP contribution in [-0.4, -0.2) is 17.1 Å². The Morgan fingerprint density at radius 1 is 1.62 bits per heavy atom. The van der Waals surface area contributed by atoms with Crippen molar-refractivity contribution in [2.75, 3.05) is 5.32 Å².